The molecule has 0 saturated heterocycles. The number of halogens is 2. The number of nitrogen functional groups attached to an aromatic ring is 1. The molecule has 0 aromatic heterocycles. The van der Waals surface area contributed by atoms with Crippen molar-refractivity contribution >= 4 is 31.6 Å². The Balaban J connectivity index is 2.37. The lowest BCUT2D eigenvalue weighted by Gasteiger charge is -2.26. The quantitative estimate of drug-likeness (QED) is 0.820. The van der Waals surface area contributed by atoms with Gasteiger partial charge in [-0.1, -0.05) is 0 Å². The summed E-state index contributed by atoms with van der Waals surface area (Å²) in [5, 5.41) is 0. The van der Waals surface area contributed by atoms with Gasteiger partial charge in [0.1, 0.15) is 10.7 Å². The first-order valence-electron chi connectivity index (χ1n) is 5.92. The van der Waals surface area contributed by atoms with E-state index in [0.717, 1.165) is 25.0 Å². The first-order chi connectivity index (χ1) is 8.63. The predicted molar refractivity (Wildman–Crippen MR) is 75.6 cm³/mol. The van der Waals surface area contributed by atoms with Gasteiger partial charge in [0, 0.05) is 15.7 Å². The molecule has 1 fully saturated rings. The van der Waals surface area contributed by atoms with Crippen molar-refractivity contribution in [3.05, 3.63) is 22.4 Å². The summed E-state index contributed by atoms with van der Waals surface area (Å²) in [6.45, 7) is 3.62. The highest BCUT2D eigenvalue weighted by molar-refractivity contribution is 9.10. The molecular formula is C12H16BrFN2O2S. The van der Waals surface area contributed by atoms with Crippen molar-refractivity contribution in [2.24, 2.45) is 5.92 Å². The smallest absolute Gasteiger partial charge is 0.244 e. The number of sulfonamides is 1. The van der Waals surface area contributed by atoms with Crippen LogP contribution in [-0.2, 0) is 10.0 Å². The number of benzene rings is 1. The number of nitrogens with one attached hydrogen (secondary N) is 1. The number of nitrogens with two attached hydrogens (primary N) is 1. The highest BCUT2D eigenvalue weighted by atomic mass is 79.9. The predicted octanol–water partition coefficient (Wildman–Crippen LogP) is 2.64. The first kappa shape index (κ1) is 14.7. The fourth-order valence-corrected chi connectivity index (χ4v) is 3.92. The highest BCUT2D eigenvalue weighted by Gasteiger charge is 2.41. The summed E-state index contributed by atoms with van der Waals surface area (Å²) < 4.78 is 41.2. The summed E-state index contributed by atoms with van der Waals surface area (Å²) in [7, 11) is -3.92. The van der Waals surface area contributed by atoms with E-state index in [4.69, 9.17) is 5.73 Å². The molecule has 0 aliphatic heterocycles. The first-order valence-corrected chi connectivity index (χ1v) is 8.19. The third-order valence-corrected chi connectivity index (χ3v) is 5.71. The van der Waals surface area contributed by atoms with Crippen LogP contribution in [-0.4, -0.2) is 14.0 Å². The van der Waals surface area contributed by atoms with Crippen molar-refractivity contribution in [3.8, 4) is 0 Å². The summed E-state index contributed by atoms with van der Waals surface area (Å²) >= 11 is 3.06. The minimum atomic E-state index is -3.92. The molecule has 0 atom stereocenters. The highest BCUT2D eigenvalue weighted by Crippen LogP contribution is 2.40. The maximum atomic E-state index is 13.8. The van der Waals surface area contributed by atoms with Gasteiger partial charge in [0.2, 0.25) is 10.0 Å². The van der Waals surface area contributed by atoms with Crippen molar-refractivity contribution in [2.45, 2.75) is 37.1 Å². The number of rotatable bonds is 4. The van der Waals surface area contributed by atoms with Crippen LogP contribution < -0.4 is 10.5 Å². The Kier molecular flexibility index (Phi) is 3.66. The van der Waals surface area contributed by atoms with Crippen LogP contribution in [0.1, 0.15) is 26.7 Å². The van der Waals surface area contributed by atoms with Crippen molar-refractivity contribution in [1.29, 1.82) is 0 Å². The number of anilines is 1. The molecule has 0 unspecified atom stereocenters. The fourth-order valence-electron chi connectivity index (χ4n) is 2.04. The van der Waals surface area contributed by atoms with Gasteiger partial charge >= 0.3 is 0 Å². The van der Waals surface area contributed by atoms with E-state index in [1.54, 1.807) is 0 Å². The minimum Gasteiger partial charge on any atom is -0.398 e. The molecule has 1 aliphatic carbocycles. The molecule has 106 valence electrons. The van der Waals surface area contributed by atoms with Crippen LogP contribution in [0.3, 0.4) is 0 Å². The van der Waals surface area contributed by atoms with Crippen molar-refractivity contribution in [1.82, 2.24) is 4.72 Å². The standard InChI is InChI=1S/C12H16BrFN2O2S/c1-12(2,7-3-4-7)16-19(17,18)11-6-10(15)8(13)5-9(11)14/h5-7,16H,3-4,15H2,1-2H3. The third-order valence-electron chi connectivity index (χ3n) is 3.34. The Labute approximate surface area is 120 Å². The van der Waals surface area contributed by atoms with Crippen LogP contribution in [0.25, 0.3) is 0 Å². The van der Waals surface area contributed by atoms with E-state index in [2.05, 4.69) is 20.7 Å². The summed E-state index contributed by atoms with van der Waals surface area (Å²) in [5.74, 6) is -0.515. The van der Waals surface area contributed by atoms with Crippen LogP contribution in [0.5, 0.6) is 0 Å². The lowest BCUT2D eigenvalue weighted by Crippen LogP contribution is -2.45. The SMILES string of the molecule is CC(C)(NS(=O)(=O)c1cc(N)c(Br)cc1F)C1CC1. The Hall–Kier alpha value is -0.660. The maximum absolute atomic E-state index is 13.8. The zero-order valence-corrected chi connectivity index (χ0v) is 13.1. The zero-order chi connectivity index (χ0) is 14.4. The minimum absolute atomic E-state index is 0.186. The maximum Gasteiger partial charge on any atom is 0.244 e. The molecule has 7 heteroatoms. The van der Waals surface area contributed by atoms with Crippen LogP contribution >= 0.6 is 15.9 Å². The van der Waals surface area contributed by atoms with Gasteiger partial charge in [0.05, 0.1) is 0 Å². The van der Waals surface area contributed by atoms with Gasteiger partial charge in [-0.05, 0) is 60.7 Å². The van der Waals surface area contributed by atoms with Gasteiger partial charge in [-0.2, -0.15) is 0 Å². The van der Waals surface area contributed by atoms with Crippen LogP contribution in [0.2, 0.25) is 0 Å². The second-order valence-corrected chi connectivity index (χ2v) is 7.91. The Morgan fingerprint density at radius 3 is 2.53 bits per heavy atom. The van der Waals surface area contributed by atoms with Crippen molar-refractivity contribution < 1.29 is 12.8 Å². The molecule has 1 aliphatic rings. The molecule has 0 bridgehead atoms. The van der Waals surface area contributed by atoms with E-state index in [0.29, 0.717) is 10.4 Å². The molecule has 0 heterocycles. The Bertz CT molecular complexity index is 612. The molecule has 0 amide bonds. The van der Waals surface area contributed by atoms with E-state index in [9.17, 15) is 12.8 Å². The monoisotopic (exact) mass is 350 g/mol. The number of hydrogen-bond donors (Lipinski definition) is 2. The summed E-state index contributed by atoms with van der Waals surface area (Å²) in [4.78, 5) is -0.415. The molecular weight excluding hydrogens is 335 g/mol. The molecule has 1 aromatic rings. The van der Waals surface area contributed by atoms with Crippen LogP contribution in [0.4, 0.5) is 10.1 Å². The topological polar surface area (TPSA) is 72.2 Å². The third kappa shape index (κ3) is 3.09. The van der Waals surface area contributed by atoms with Crippen molar-refractivity contribution in [3.63, 3.8) is 0 Å². The van der Waals surface area contributed by atoms with Gasteiger partial charge in [-0.25, -0.2) is 17.5 Å². The Morgan fingerprint density at radius 1 is 1.42 bits per heavy atom. The van der Waals surface area contributed by atoms with Crippen LogP contribution in [0, 0.1) is 11.7 Å². The van der Waals surface area contributed by atoms with Gasteiger partial charge in [0.25, 0.3) is 0 Å². The van der Waals surface area contributed by atoms with Crippen molar-refractivity contribution in [2.75, 3.05) is 5.73 Å². The molecule has 1 aromatic carbocycles. The normalized spacial score (nSPS) is 16.6. The van der Waals surface area contributed by atoms with E-state index >= 15 is 0 Å². The lowest BCUT2D eigenvalue weighted by molar-refractivity contribution is 0.399. The van der Waals surface area contributed by atoms with Gasteiger partial charge in [-0.3, -0.25) is 0 Å². The van der Waals surface area contributed by atoms with Crippen LogP contribution in [0.15, 0.2) is 21.5 Å². The molecule has 0 radical (unpaired) electrons. The average Bonchev–Trinajstić information content (AvgIpc) is 3.05. The molecule has 4 nitrogen and oxygen atoms in total. The largest absolute Gasteiger partial charge is 0.398 e. The lowest BCUT2D eigenvalue weighted by atomic mass is 10.0. The summed E-state index contributed by atoms with van der Waals surface area (Å²) in [6, 6.07) is 2.19. The van der Waals surface area contributed by atoms with Gasteiger partial charge in [0.15, 0.2) is 0 Å². The zero-order valence-electron chi connectivity index (χ0n) is 10.7. The molecule has 1 saturated carbocycles. The molecule has 2 rings (SSSR count). The van der Waals surface area contributed by atoms with Gasteiger partial charge in [-0.15, -0.1) is 0 Å². The van der Waals surface area contributed by atoms with E-state index in [1.165, 1.54) is 0 Å². The summed E-state index contributed by atoms with van der Waals surface area (Å²) in [6.07, 6.45) is 1.97. The van der Waals surface area contributed by atoms with E-state index < -0.39 is 26.3 Å². The number of hydrogen-bond acceptors (Lipinski definition) is 3. The molecule has 3 N–H and O–H groups in total. The molecule has 19 heavy (non-hydrogen) atoms. The summed E-state index contributed by atoms with van der Waals surface area (Å²) in [5.41, 5.74) is 5.23. The fraction of sp³-hybridized carbons (Fsp3) is 0.500. The average molecular weight is 351 g/mol. The van der Waals surface area contributed by atoms with E-state index in [-0.39, 0.29) is 5.69 Å². The van der Waals surface area contributed by atoms with E-state index in [1.807, 2.05) is 13.8 Å². The molecule has 0 spiro atoms. The second-order valence-electron chi connectivity index (χ2n) is 5.41. The Morgan fingerprint density at radius 2 is 2.00 bits per heavy atom. The second kappa shape index (κ2) is 4.71. The van der Waals surface area contributed by atoms with Gasteiger partial charge < -0.3 is 5.73 Å².